The summed E-state index contributed by atoms with van der Waals surface area (Å²) in [6.45, 7) is 7.13. The molecule has 0 saturated heterocycles. The third-order valence-electron chi connectivity index (χ3n) is 4.58. The van der Waals surface area contributed by atoms with Gasteiger partial charge in [0, 0.05) is 6.54 Å². The second-order valence-electron chi connectivity index (χ2n) is 6.40. The Kier molecular flexibility index (Phi) is 5.65. The van der Waals surface area contributed by atoms with Gasteiger partial charge in [-0.2, -0.15) is 4.99 Å². The van der Waals surface area contributed by atoms with Crippen molar-refractivity contribution < 1.29 is 14.3 Å². The molecular formula is C21H24N2O3S. The van der Waals surface area contributed by atoms with Crippen molar-refractivity contribution >= 4 is 27.5 Å². The zero-order chi connectivity index (χ0) is 19.6. The maximum Gasteiger partial charge on any atom is 0.283 e. The van der Waals surface area contributed by atoms with Crippen LogP contribution in [0.4, 0.5) is 0 Å². The van der Waals surface area contributed by atoms with Gasteiger partial charge in [0.05, 0.1) is 30.0 Å². The van der Waals surface area contributed by atoms with E-state index in [-0.39, 0.29) is 5.91 Å². The van der Waals surface area contributed by atoms with Gasteiger partial charge in [-0.25, -0.2) is 0 Å². The van der Waals surface area contributed by atoms with Crippen molar-refractivity contribution in [3.63, 3.8) is 0 Å². The van der Waals surface area contributed by atoms with Crippen LogP contribution in [0.25, 0.3) is 10.2 Å². The van der Waals surface area contributed by atoms with Gasteiger partial charge in [0.15, 0.2) is 16.3 Å². The normalized spacial score (nSPS) is 11.8. The second kappa shape index (κ2) is 7.96. The number of aryl methyl sites for hydroxylation is 3. The Morgan fingerprint density at radius 2 is 1.89 bits per heavy atom. The smallest absolute Gasteiger partial charge is 0.283 e. The topological polar surface area (TPSA) is 52.8 Å². The molecule has 6 heteroatoms. The number of thiazole rings is 1. The lowest BCUT2D eigenvalue weighted by molar-refractivity contribution is 0.0994. The molecule has 0 atom stereocenters. The van der Waals surface area contributed by atoms with Crippen LogP contribution in [0.5, 0.6) is 11.5 Å². The number of hydrogen-bond donors (Lipinski definition) is 0. The van der Waals surface area contributed by atoms with Gasteiger partial charge < -0.3 is 14.0 Å². The van der Waals surface area contributed by atoms with Gasteiger partial charge in [0.1, 0.15) is 0 Å². The summed E-state index contributed by atoms with van der Waals surface area (Å²) in [4.78, 5) is 18.1. The fourth-order valence-corrected chi connectivity index (χ4v) is 4.18. The van der Waals surface area contributed by atoms with E-state index < -0.39 is 0 Å². The number of rotatable bonds is 5. The number of methoxy groups -OCH3 is 2. The van der Waals surface area contributed by atoms with Crippen LogP contribution in [0.15, 0.2) is 35.3 Å². The number of fused-ring (bicyclic) bond motifs is 1. The molecule has 2 aromatic carbocycles. The minimum absolute atomic E-state index is 0.337. The summed E-state index contributed by atoms with van der Waals surface area (Å²) < 4.78 is 13.9. The molecule has 5 nitrogen and oxygen atoms in total. The van der Waals surface area contributed by atoms with E-state index >= 15 is 0 Å². The number of para-hydroxylation sites is 1. The zero-order valence-corrected chi connectivity index (χ0v) is 17.1. The molecule has 1 amide bonds. The first kappa shape index (κ1) is 19.2. The molecule has 0 aliphatic carbocycles. The molecule has 0 bridgehead atoms. The van der Waals surface area contributed by atoms with E-state index in [9.17, 15) is 4.79 Å². The van der Waals surface area contributed by atoms with E-state index in [1.165, 1.54) is 29.6 Å². The molecule has 0 radical (unpaired) electrons. The molecular weight excluding hydrogens is 360 g/mol. The van der Waals surface area contributed by atoms with E-state index in [4.69, 9.17) is 9.47 Å². The van der Waals surface area contributed by atoms with E-state index in [0.29, 0.717) is 21.9 Å². The Bertz CT molecular complexity index is 1060. The van der Waals surface area contributed by atoms with Crippen LogP contribution in [-0.4, -0.2) is 24.7 Å². The molecule has 0 aliphatic rings. The highest BCUT2D eigenvalue weighted by Crippen LogP contribution is 2.31. The number of hydrogen-bond acceptors (Lipinski definition) is 4. The predicted molar refractivity (Wildman–Crippen MR) is 109 cm³/mol. The largest absolute Gasteiger partial charge is 0.493 e. The lowest BCUT2D eigenvalue weighted by Gasteiger charge is -2.10. The molecule has 0 aliphatic heterocycles. The molecule has 1 heterocycles. The lowest BCUT2D eigenvalue weighted by atomic mass is 10.1. The SMILES string of the molecule is CCCn1c(=NC(=O)c2cccc(OC)c2OC)sc2cc(C)c(C)cc21. The van der Waals surface area contributed by atoms with Gasteiger partial charge in [-0.1, -0.05) is 24.3 Å². The average molecular weight is 385 g/mol. The maximum absolute atomic E-state index is 12.9. The number of ether oxygens (including phenoxy) is 2. The molecule has 0 fully saturated rings. The molecule has 0 unspecified atom stereocenters. The van der Waals surface area contributed by atoms with Gasteiger partial charge in [-0.15, -0.1) is 0 Å². The van der Waals surface area contributed by atoms with Crippen LogP contribution in [0, 0.1) is 13.8 Å². The van der Waals surface area contributed by atoms with Crippen molar-refractivity contribution in [1.82, 2.24) is 4.57 Å². The number of benzene rings is 2. The number of carbonyl (C=O) groups is 1. The molecule has 1 aromatic heterocycles. The van der Waals surface area contributed by atoms with Gasteiger partial charge in [0.2, 0.25) is 0 Å². The Morgan fingerprint density at radius 1 is 1.15 bits per heavy atom. The van der Waals surface area contributed by atoms with E-state index in [1.54, 1.807) is 25.3 Å². The van der Waals surface area contributed by atoms with Crippen molar-refractivity contribution in [3.05, 3.63) is 51.8 Å². The molecule has 3 aromatic rings. The number of nitrogens with zero attached hydrogens (tertiary/aromatic N) is 2. The van der Waals surface area contributed by atoms with Crippen LogP contribution in [0.2, 0.25) is 0 Å². The first-order valence-corrected chi connectivity index (χ1v) is 9.72. The van der Waals surface area contributed by atoms with Crippen LogP contribution in [0.1, 0.15) is 34.8 Å². The molecule has 142 valence electrons. The van der Waals surface area contributed by atoms with Gasteiger partial charge in [0.25, 0.3) is 5.91 Å². The Balaban J connectivity index is 2.18. The molecule has 27 heavy (non-hydrogen) atoms. The third-order valence-corrected chi connectivity index (χ3v) is 5.62. The fraction of sp³-hybridized carbons (Fsp3) is 0.333. The van der Waals surface area contributed by atoms with E-state index in [1.807, 2.05) is 0 Å². The fourth-order valence-electron chi connectivity index (χ4n) is 3.05. The number of carbonyl (C=O) groups excluding carboxylic acids is 1. The zero-order valence-electron chi connectivity index (χ0n) is 16.3. The Morgan fingerprint density at radius 3 is 2.56 bits per heavy atom. The Labute approximate surface area is 162 Å². The van der Waals surface area contributed by atoms with Gasteiger partial charge in [-0.05, 0) is 55.7 Å². The highest BCUT2D eigenvalue weighted by Gasteiger charge is 2.17. The highest BCUT2D eigenvalue weighted by atomic mass is 32.1. The monoisotopic (exact) mass is 384 g/mol. The number of aromatic nitrogens is 1. The highest BCUT2D eigenvalue weighted by molar-refractivity contribution is 7.16. The number of amides is 1. The second-order valence-corrected chi connectivity index (χ2v) is 7.41. The van der Waals surface area contributed by atoms with Crippen LogP contribution in [0.3, 0.4) is 0 Å². The summed E-state index contributed by atoms with van der Waals surface area (Å²) in [6, 6.07) is 9.57. The molecule has 0 spiro atoms. The molecule has 0 saturated carbocycles. The summed E-state index contributed by atoms with van der Waals surface area (Å²) in [7, 11) is 3.08. The average Bonchev–Trinajstić information content (AvgIpc) is 2.97. The molecule has 3 rings (SSSR count). The minimum atomic E-state index is -0.337. The van der Waals surface area contributed by atoms with Crippen molar-refractivity contribution in [2.45, 2.75) is 33.7 Å². The summed E-state index contributed by atoms with van der Waals surface area (Å²) in [5, 5.41) is 0. The third kappa shape index (κ3) is 3.62. The van der Waals surface area contributed by atoms with Crippen molar-refractivity contribution in [1.29, 1.82) is 0 Å². The van der Waals surface area contributed by atoms with Crippen molar-refractivity contribution in [3.8, 4) is 11.5 Å². The predicted octanol–water partition coefficient (Wildman–Crippen LogP) is 4.49. The van der Waals surface area contributed by atoms with Crippen molar-refractivity contribution in [2.75, 3.05) is 14.2 Å². The van der Waals surface area contributed by atoms with E-state index in [0.717, 1.165) is 23.2 Å². The van der Waals surface area contributed by atoms with Crippen LogP contribution < -0.4 is 14.3 Å². The van der Waals surface area contributed by atoms with Crippen LogP contribution >= 0.6 is 11.3 Å². The first-order chi connectivity index (χ1) is 13.0. The lowest BCUT2D eigenvalue weighted by Crippen LogP contribution is -2.17. The quantitative estimate of drug-likeness (QED) is 0.651. The molecule has 0 N–H and O–H groups in total. The van der Waals surface area contributed by atoms with E-state index in [2.05, 4.69) is 42.5 Å². The standard InChI is InChI=1S/C21H24N2O3S/c1-6-10-23-16-11-13(2)14(3)12-18(16)27-21(23)22-20(24)15-8-7-9-17(25-4)19(15)26-5/h7-9,11-12H,6,10H2,1-5H3. The summed E-state index contributed by atoms with van der Waals surface area (Å²) in [5.74, 6) is 0.585. The maximum atomic E-state index is 12.9. The summed E-state index contributed by atoms with van der Waals surface area (Å²) in [5.41, 5.74) is 3.98. The Hall–Kier alpha value is -2.60. The minimum Gasteiger partial charge on any atom is -0.493 e. The first-order valence-electron chi connectivity index (χ1n) is 8.90. The van der Waals surface area contributed by atoms with Crippen molar-refractivity contribution in [2.24, 2.45) is 4.99 Å². The summed E-state index contributed by atoms with van der Waals surface area (Å²) in [6.07, 6.45) is 0.961. The van der Waals surface area contributed by atoms with Gasteiger partial charge >= 0.3 is 0 Å². The van der Waals surface area contributed by atoms with Gasteiger partial charge in [-0.3, -0.25) is 4.79 Å². The summed E-state index contributed by atoms with van der Waals surface area (Å²) >= 11 is 1.54. The van der Waals surface area contributed by atoms with Crippen LogP contribution in [-0.2, 0) is 6.54 Å².